The SMILES string of the molecule is c1ccc(-c2cccc(-c3cccc(-n4c5ccccc5c5c4ccc4c6ccccc6n(-c6cccc7c6oc6ccccc67)c45)c3)c2)cc1. The zero-order valence-corrected chi connectivity index (χ0v) is 27.6. The number of hydrogen-bond acceptors (Lipinski definition) is 1. The van der Waals surface area contributed by atoms with Crippen molar-refractivity contribution in [1.82, 2.24) is 9.13 Å². The molecule has 11 aromatic rings. The second kappa shape index (κ2) is 10.8. The van der Waals surface area contributed by atoms with Crippen LogP contribution in [0.1, 0.15) is 0 Å². The summed E-state index contributed by atoms with van der Waals surface area (Å²) in [6, 6.07) is 65.4. The van der Waals surface area contributed by atoms with Crippen LogP contribution in [-0.4, -0.2) is 9.13 Å². The van der Waals surface area contributed by atoms with Crippen LogP contribution in [0.2, 0.25) is 0 Å². The maximum Gasteiger partial charge on any atom is 0.159 e. The topological polar surface area (TPSA) is 23.0 Å². The molecule has 8 aromatic carbocycles. The lowest BCUT2D eigenvalue weighted by atomic mass is 9.99. The minimum absolute atomic E-state index is 0.896. The zero-order valence-electron chi connectivity index (χ0n) is 27.6. The molecular weight excluding hydrogens is 621 g/mol. The third-order valence-corrected chi connectivity index (χ3v) is 10.5. The van der Waals surface area contributed by atoms with Crippen molar-refractivity contribution >= 4 is 65.6 Å². The van der Waals surface area contributed by atoms with E-state index in [9.17, 15) is 0 Å². The molecule has 3 heteroatoms. The molecule has 0 N–H and O–H groups in total. The van der Waals surface area contributed by atoms with Gasteiger partial charge in [-0.05, 0) is 70.8 Å². The van der Waals surface area contributed by atoms with Gasteiger partial charge in [0.2, 0.25) is 0 Å². The zero-order chi connectivity index (χ0) is 33.5. The van der Waals surface area contributed by atoms with Crippen LogP contribution in [0.15, 0.2) is 186 Å². The molecule has 0 aliphatic carbocycles. The van der Waals surface area contributed by atoms with Gasteiger partial charge in [-0.1, -0.05) is 133 Å². The van der Waals surface area contributed by atoms with Gasteiger partial charge in [0.1, 0.15) is 5.58 Å². The molecule has 0 unspecified atom stereocenters. The first kappa shape index (κ1) is 28.0. The third-order valence-electron chi connectivity index (χ3n) is 10.5. The fraction of sp³-hybridized carbons (Fsp3) is 0. The van der Waals surface area contributed by atoms with Crippen molar-refractivity contribution < 1.29 is 4.42 Å². The summed E-state index contributed by atoms with van der Waals surface area (Å²) in [6.07, 6.45) is 0. The monoisotopic (exact) mass is 650 g/mol. The van der Waals surface area contributed by atoms with Gasteiger partial charge in [-0.15, -0.1) is 0 Å². The number of benzene rings is 8. The van der Waals surface area contributed by atoms with Crippen molar-refractivity contribution in [2.24, 2.45) is 0 Å². The Labute approximate surface area is 293 Å². The molecular formula is C48H30N2O. The van der Waals surface area contributed by atoms with E-state index >= 15 is 0 Å². The fourth-order valence-corrected chi connectivity index (χ4v) is 8.28. The average Bonchev–Trinajstić information content (AvgIpc) is 3.86. The molecule has 11 rings (SSSR count). The highest BCUT2D eigenvalue weighted by Crippen LogP contribution is 2.44. The quantitative estimate of drug-likeness (QED) is 0.186. The van der Waals surface area contributed by atoms with E-state index in [0.29, 0.717) is 0 Å². The van der Waals surface area contributed by atoms with Crippen LogP contribution in [0.25, 0.3) is 99.2 Å². The predicted octanol–water partition coefficient (Wildman–Crippen LogP) is 13.1. The van der Waals surface area contributed by atoms with E-state index in [2.05, 4.69) is 185 Å². The highest BCUT2D eigenvalue weighted by atomic mass is 16.3. The average molecular weight is 651 g/mol. The van der Waals surface area contributed by atoms with Crippen molar-refractivity contribution in [1.29, 1.82) is 0 Å². The molecule has 3 nitrogen and oxygen atoms in total. The number of hydrogen-bond donors (Lipinski definition) is 0. The van der Waals surface area contributed by atoms with Crippen LogP contribution in [0.3, 0.4) is 0 Å². The maximum atomic E-state index is 6.65. The van der Waals surface area contributed by atoms with Crippen molar-refractivity contribution in [3.8, 4) is 33.6 Å². The van der Waals surface area contributed by atoms with E-state index in [0.717, 1.165) is 38.8 Å². The maximum absolute atomic E-state index is 6.65. The highest BCUT2D eigenvalue weighted by molar-refractivity contribution is 6.26. The Balaban J connectivity index is 1.20. The molecule has 0 fully saturated rings. The Kier molecular flexibility index (Phi) is 5.96. The molecule has 3 heterocycles. The van der Waals surface area contributed by atoms with Gasteiger partial charge in [0, 0.05) is 38.0 Å². The Bertz CT molecular complexity index is 3140. The molecule has 3 aromatic heterocycles. The number of para-hydroxylation sites is 4. The predicted molar refractivity (Wildman–Crippen MR) is 213 cm³/mol. The van der Waals surface area contributed by atoms with E-state index in [1.165, 1.54) is 60.3 Å². The fourth-order valence-electron chi connectivity index (χ4n) is 8.28. The summed E-state index contributed by atoms with van der Waals surface area (Å²) in [6.45, 7) is 0. The Hall–Kier alpha value is -6.84. The molecule has 0 spiro atoms. The van der Waals surface area contributed by atoms with Crippen LogP contribution < -0.4 is 0 Å². The van der Waals surface area contributed by atoms with Crippen molar-refractivity contribution in [2.75, 3.05) is 0 Å². The van der Waals surface area contributed by atoms with Crippen LogP contribution >= 0.6 is 0 Å². The third kappa shape index (κ3) is 4.12. The summed E-state index contributed by atoms with van der Waals surface area (Å²) in [4.78, 5) is 0. The van der Waals surface area contributed by atoms with E-state index < -0.39 is 0 Å². The first-order chi connectivity index (χ1) is 25.3. The summed E-state index contributed by atoms with van der Waals surface area (Å²) >= 11 is 0. The van der Waals surface area contributed by atoms with Crippen molar-refractivity contribution in [3.05, 3.63) is 182 Å². The van der Waals surface area contributed by atoms with Crippen LogP contribution in [0.5, 0.6) is 0 Å². The largest absolute Gasteiger partial charge is 0.454 e. The normalized spacial score (nSPS) is 11.9. The summed E-state index contributed by atoms with van der Waals surface area (Å²) in [5, 5.41) is 7.14. The van der Waals surface area contributed by atoms with E-state index in [-0.39, 0.29) is 0 Å². The molecule has 51 heavy (non-hydrogen) atoms. The number of fused-ring (bicyclic) bond motifs is 10. The lowest BCUT2D eigenvalue weighted by Gasteiger charge is -2.12. The van der Waals surface area contributed by atoms with Gasteiger partial charge >= 0.3 is 0 Å². The standard InChI is InChI=1S/C48H30N2O/c1-2-13-31(14-3-1)32-15-10-16-33(29-32)34-17-11-18-35(30-34)49-42-24-8-5-21-40(42)46-43(49)28-27-38-36-19-4-7-23-41(36)50(47(38)46)44-25-12-22-39-37-20-6-9-26-45(37)51-48(39)44/h1-30H. The van der Waals surface area contributed by atoms with Gasteiger partial charge in [-0.2, -0.15) is 0 Å². The molecule has 0 saturated heterocycles. The molecule has 0 amide bonds. The molecule has 0 saturated carbocycles. The second-order valence-corrected chi connectivity index (χ2v) is 13.3. The van der Waals surface area contributed by atoms with Crippen LogP contribution in [0.4, 0.5) is 0 Å². The minimum atomic E-state index is 0.896. The number of nitrogens with zero attached hydrogens (tertiary/aromatic N) is 2. The Morgan fingerprint density at radius 1 is 0.353 bits per heavy atom. The molecule has 0 radical (unpaired) electrons. The molecule has 238 valence electrons. The minimum Gasteiger partial charge on any atom is -0.454 e. The Morgan fingerprint density at radius 3 is 1.80 bits per heavy atom. The number of rotatable bonds is 4. The number of aromatic nitrogens is 2. The Morgan fingerprint density at radius 2 is 0.961 bits per heavy atom. The molecule has 0 bridgehead atoms. The second-order valence-electron chi connectivity index (χ2n) is 13.3. The number of furan rings is 1. The summed E-state index contributed by atoms with van der Waals surface area (Å²) in [5.74, 6) is 0. The van der Waals surface area contributed by atoms with Gasteiger partial charge in [-0.25, -0.2) is 0 Å². The van der Waals surface area contributed by atoms with Crippen molar-refractivity contribution in [3.63, 3.8) is 0 Å². The first-order valence-corrected chi connectivity index (χ1v) is 17.4. The summed E-state index contributed by atoms with van der Waals surface area (Å²) in [7, 11) is 0. The van der Waals surface area contributed by atoms with Crippen LogP contribution in [-0.2, 0) is 0 Å². The summed E-state index contributed by atoms with van der Waals surface area (Å²) in [5.41, 5.74) is 13.5. The van der Waals surface area contributed by atoms with Crippen LogP contribution in [0, 0.1) is 0 Å². The smallest absolute Gasteiger partial charge is 0.159 e. The summed E-state index contributed by atoms with van der Waals surface area (Å²) < 4.78 is 11.5. The lowest BCUT2D eigenvalue weighted by Crippen LogP contribution is -1.96. The van der Waals surface area contributed by atoms with E-state index in [1.807, 2.05) is 6.07 Å². The van der Waals surface area contributed by atoms with Crippen molar-refractivity contribution in [2.45, 2.75) is 0 Å². The van der Waals surface area contributed by atoms with E-state index in [1.54, 1.807) is 0 Å². The van der Waals surface area contributed by atoms with Gasteiger partial charge in [0.25, 0.3) is 0 Å². The molecule has 0 atom stereocenters. The van der Waals surface area contributed by atoms with Gasteiger partial charge in [-0.3, -0.25) is 0 Å². The lowest BCUT2D eigenvalue weighted by molar-refractivity contribution is 0.666. The van der Waals surface area contributed by atoms with Gasteiger partial charge in [0.05, 0.1) is 27.8 Å². The van der Waals surface area contributed by atoms with E-state index in [4.69, 9.17) is 4.42 Å². The molecule has 0 aliphatic rings. The van der Waals surface area contributed by atoms with Gasteiger partial charge < -0.3 is 13.6 Å². The first-order valence-electron chi connectivity index (χ1n) is 17.4. The molecule has 0 aliphatic heterocycles. The highest BCUT2D eigenvalue weighted by Gasteiger charge is 2.23. The van der Waals surface area contributed by atoms with Gasteiger partial charge in [0.15, 0.2) is 5.58 Å².